The Labute approximate surface area is 144 Å². The molecule has 0 spiro atoms. The van der Waals surface area contributed by atoms with Crippen molar-refractivity contribution in [1.82, 2.24) is 15.5 Å². The molecule has 0 bridgehead atoms. The number of carbonyl (C=O) groups excluding carboxylic acids is 1. The van der Waals surface area contributed by atoms with Gasteiger partial charge in [0.2, 0.25) is 0 Å². The molecule has 2 heterocycles. The first kappa shape index (κ1) is 16.3. The molecule has 2 N–H and O–H groups in total. The third kappa shape index (κ3) is 3.05. The quantitative estimate of drug-likeness (QED) is 0.748. The van der Waals surface area contributed by atoms with E-state index in [4.69, 9.17) is 16.1 Å². The van der Waals surface area contributed by atoms with Crippen molar-refractivity contribution in [1.29, 1.82) is 0 Å². The Kier molecular flexibility index (Phi) is 4.40. The molecule has 6 nitrogen and oxygen atoms in total. The molecular formula is C17H17ClN4O2. The summed E-state index contributed by atoms with van der Waals surface area (Å²) in [6.07, 6.45) is 1.71. The summed E-state index contributed by atoms with van der Waals surface area (Å²) in [6, 6.07) is 5.13. The molecule has 124 valence electrons. The van der Waals surface area contributed by atoms with Crippen molar-refractivity contribution >= 4 is 34.2 Å². The Morgan fingerprint density at radius 3 is 2.83 bits per heavy atom. The second kappa shape index (κ2) is 6.49. The van der Waals surface area contributed by atoms with E-state index in [2.05, 4.69) is 20.8 Å². The summed E-state index contributed by atoms with van der Waals surface area (Å²) in [4.78, 5) is 16.6. The summed E-state index contributed by atoms with van der Waals surface area (Å²) in [6.45, 7) is 5.90. The van der Waals surface area contributed by atoms with Crippen molar-refractivity contribution in [2.75, 3.05) is 5.32 Å². The number of hydrogen-bond donors (Lipinski definition) is 2. The van der Waals surface area contributed by atoms with Crippen LogP contribution in [0.5, 0.6) is 0 Å². The van der Waals surface area contributed by atoms with Crippen molar-refractivity contribution in [3.8, 4) is 0 Å². The topological polar surface area (TPSA) is 80.0 Å². The van der Waals surface area contributed by atoms with E-state index >= 15 is 0 Å². The minimum Gasteiger partial charge on any atom is -0.361 e. The molecule has 3 rings (SSSR count). The van der Waals surface area contributed by atoms with Gasteiger partial charge < -0.3 is 15.2 Å². The zero-order valence-electron chi connectivity index (χ0n) is 13.6. The number of amides is 2. The molecular weight excluding hydrogens is 328 g/mol. The third-order valence-electron chi connectivity index (χ3n) is 3.88. The lowest BCUT2D eigenvalue weighted by Crippen LogP contribution is -2.28. The summed E-state index contributed by atoms with van der Waals surface area (Å²) >= 11 is 6.31. The highest BCUT2D eigenvalue weighted by atomic mass is 35.5. The lowest BCUT2D eigenvalue weighted by Gasteiger charge is -2.13. The van der Waals surface area contributed by atoms with E-state index in [-0.39, 0.29) is 6.03 Å². The summed E-state index contributed by atoms with van der Waals surface area (Å²) < 4.78 is 5.08. The lowest BCUT2D eigenvalue weighted by atomic mass is 10.1. The highest BCUT2D eigenvalue weighted by molar-refractivity contribution is 6.35. The fourth-order valence-corrected chi connectivity index (χ4v) is 2.90. The fourth-order valence-electron chi connectivity index (χ4n) is 2.59. The zero-order valence-corrected chi connectivity index (χ0v) is 14.4. The van der Waals surface area contributed by atoms with Gasteiger partial charge in [0.05, 0.1) is 21.9 Å². The van der Waals surface area contributed by atoms with E-state index in [0.29, 0.717) is 23.0 Å². The molecule has 24 heavy (non-hydrogen) atoms. The van der Waals surface area contributed by atoms with Crippen molar-refractivity contribution < 1.29 is 9.32 Å². The number of nitrogens with zero attached hydrogens (tertiary/aromatic N) is 2. The molecule has 7 heteroatoms. The average Bonchev–Trinajstić information content (AvgIpc) is 2.88. The van der Waals surface area contributed by atoms with Gasteiger partial charge in [-0.25, -0.2) is 4.79 Å². The SMILES string of the molecule is Cc1noc(C)c1CNC(=O)Nc1c(Cl)cc(C)c2ncccc12. The van der Waals surface area contributed by atoms with Crippen LogP contribution >= 0.6 is 11.6 Å². The van der Waals surface area contributed by atoms with Crippen LogP contribution in [-0.4, -0.2) is 16.2 Å². The Hall–Kier alpha value is -2.60. The van der Waals surface area contributed by atoms with Crippen LogP contribution in [0, 0.1) is 20.8 Å². The number of carbonyl (C=O) groups is 1. The predicted molar refractivity (Wildman–Crippen MR) is 93.3 cm³/mol. The highest BCUT2D eigenvalue weighted by Gasteiger charge is 2.14. The van der Waals surface area contributed by atoms with Gasteiger partial charge in [-0.3, -0.25) is 4.98 Å². The van der Waals surface area contributed by atoms with E-state index in [9.17, 15) is 4.79 Å². The number of pyridine rings is 1. The number of urea groups is 1. The van der Waals surface area contributed by atoms with E-state index in [1.807, 2.05) is 32.9 Å². The number of aryl methyl sites for hydroxylation is 3. The molecule has 2 amide bonds. The first-order valence-corrected chi connectivity index (χ1v) is 7.85. The van der Waals surface area contributed by atoms with Gasteiger partial charge in [-0.1, -0.05) is 16.8 Å². The molecule has 2 aromatic heterocycles. The maximum absolute atomic E-state index is 12.3. The van der Waals surface area contributed by atoms with Crippen LogP contribution in [-0.2, 0) is 6.54 Å². The minimum absolute atomic E-state index is 0.326. The van der Waals surface area contributed by atoms with Crippen molar-refractivity contribution in [3.05, 3.63) is 52.0 Å². The molecule has 0 aliphatic carbocycles. The molecule has 0 saturated heterocycles. The molecule has 0 unspecified atom stereocenters. The molecule has 1 aromatic carbocycles. The van der Waals surface area contributed by atoms with Gasteiger partial charge in [-0.05, 0) is 44.5 Å². The van der Waals surface area contributed by atoms with Crippen LogP contribution in [0.1, 0.15) is 22.6 Å². The zero-order chi connectivity index (χ0) is 17.3. The number of nitrogens with one attached hydrogen (secondary N) is 2. The maximum Gasteiger partial charge on any atom is 0.319 e. The van der Waals surface area contributed by atoms with Crippen LogP contribution in [0.25, 0.3) is 10.9 Å². The summed E-state index contributed by atoms with van der Waals surface area (Å²) in [7, 11) is 0. The Morgan fingerprint density at radius 1 is 1.33 bits per heavy atom. The second-order valence-corrected chi connectivity index (χ2v) is 5.97. The standard InChI is InChI=1S/C17H17ClN4O2/c1-9-7-14(18)16(12-5-4-6-19-15(9)12)21-17(23)20-8-13-10(2)22-24-11(13)3/h4-7H,8H2,1-3H3,(H2,20,21,23). The monoisotopic (exact) mass is 344 g/mol. The molecule has 0 radical (unpaired) electrons. The fraction of sp³-hybridized carbons (Fsp3) is 0.235. The van der Waals surface area contributed by atoms with Crippen LogP contribution in [0.4, 0.5) is 10.5 Å². The third-order valence-corrected chi connectivity index (χ3v) is 4.18. The Bertz CT molecular complexity index is 901. The number of fused-ring (bicyclic) bond motifs is 1. The number of aromatic nitrogens is 2. The summed E-state index contributed by atoms with van der Waals surface area (Å²) in [5.74, 6) is 0.691. The van der Waals surface area contributed by atoms with E-state index in [1.54, 1.807) is 12.3 Å². The molecule has 0 fully saturated rings. The van der Waals surface area contributed by atoms with Gasteiger partial charge >= 0.3 is 6.03 Å². The molecule has 0 aliphatic rings. The van der Waals surface area contributed by atoms with E-state index < -0.39 is 0 Å². The Morgan fingerprint density at radius 2 is 2.12 bits per heavy atom. The van der Waals surface area contributed by atoms with Crippen molar-refractivity contribution in [2.24, 2.45) is 0 Å². The molecule has 0 aliphatic heterocycles. The average molecular weight is 345 g/mol. The molecule has 3 aromatic rings. The van der Waals surface area contributed by atoms with Gasteiger partial charge in [-0.2, -0.15) is 0 Å². The van der Waals surface area contributed by atoms with Crippen LogP contribution < -0.4 is 10.6 Å². The predicted octanol–water partition coefficient (Wildman–Crippen LogP) is 4.12. The van der Waals surface area contributed by atoms with Gasteiger partial charge in [0, 0.05) is 23.7 Å². The number of benzene rings is 1. The number of rotatable bonds is 3. The van der Waals surface area contributed by atoms with Crippen molar-refractivity contribution in [3.63, 3.8) is 0 Å². The van der Waals surface area contributed by atoms with Gasteiger partial charge in [-0.15, -0.1) is 0 Å². The number of hydrogen-bond acceptors (Lipinski definition) is 4. The highest BCUT2D eigenvalue weighted by Crippen LogP contribution is 2.32. The number of halogens is 1. The first-order chi connectivity index (χ1) is 11.5. The summed E-state index contributed by atoms with van der Waals surface area (Å²) in [5, 5.41) is 10.7. The van der Waals surface area contributed by atoms with Gasteiger partial charge in [0.25, 0.3) is 0 Å². The second-order valence-electron chi connectivity index (χ2n) is 5.56. The van der Waals surface area contributed by atoms with E-state index in [1.165, 1.54) is 0 Å². The van der Waals surface area contributed by atoms with Crippen LogP contribution in [0.3, 0.4) is 0 Å². The van der Waals surface area contributed by atoms with Crippen LogP contribution in [0.15, 0.2) is 28.9 Å². The Balaban J connectivity index is 1.81. The van der Waals surface area contributed by atoms with E-state index in [0.717, 1.165) is 27.7 Å². The maximum atomic E-state index is 12.3. The van der Waals surface area contributed by atoms with Crippen LogP contribution in [0.2, 0.25) is 5.02 Å². The molecule has 0 saturated carbocycles. The minimum atomic E-state index is -0.356. The smallest absolute Gasteiger partial charge is 0.319 e. The summed E-state index contributed by atoms with van der Waals surface area (Å²) in [5.41, 5.74) is 3.93. The lowest BCUT2D eigenvalue weighted by molar-refractivity contribution is 0.251. The normalized spacial score (nSPS) is 10.8. The van der Waals surface area contributed by atoms with Crippen molar-refractivity contribution in [2.45, 2.75) is 27.3 Å². The molecule has 0 atom stereocenters. The largest absolute Gasteiger partial charge is 0.361 e. The van der Waals surface area contributed by atoms with Gasteiger partial charge in [0.15, 0.2) is 0 Å². The van der Waals surface area contributed by atoms with Gasteiger partial charge in [0.1, 0.15) is 5.76 Å². The first-order valence-electron chi connectivity index (χ1n) is 7.48. The number of anilines is 1.